The Morgan fingerprint density at radius 3 is 2.71 bits per heavy atom. The first-order valence-electron chi connectivity index (χ1n) is 6.81. The summed E-state index contributed by atoms with van der Waals surface area (Å²) in [7, 11) is 0. The van der Waals surface area contributed by atoms with E-state index in [-0.39, 0.29) is 0 Å². The van der Waals surface area contributed by atoms with Crippen LogP contribution < -0.4 is 0 Å². The molecule has 0 radical (unpaired) electrons. The molecular formula is C17H15NO2S. The fourth-order valence-electron chi connectivity index (χ4n) is 2.42. The lowest BCUT2D eigenvalue weighted by atomic mass is 10.0. The van der Waals surface area contributed by atoms with Crippen molar-refractivity contribution in [3.63, 3.8) is 0 Å². The molecule has 1 aromatic carbocycles. The Bertz CT molecular complexity index is 836. The number of thiophene rings is 1. The third kappa shape index (κ3) is 2.43. The smallest absolute Gasteiger partial charge is 0.336 e. The number of fused-ring (bicyclic) bond motifs is 1. The molecule has 0 amide bonds. The van der Waals surface area contributed by atoms with Crippen LogP contribution in [0, 0.1) is 6.92 Å². The molecule has 21 heavy (non-hydrogen) atoms. The minimum atomic E-state index is -0.911. The molecule has 3 rings (SSSR count). The summed E-state index contributed by atoms with van der Waals surface area (Å²) >= 11 is 1.58. The van der Waals surface area contributed by atoms with Crippen LogP contribution in [-0.2, 0) is 6.42 Å². The van der Waals surface area contributed by atoms with Crippen molar-refractivity contribution in [3.8, 4) is 10.6 Å². The number of aromatic carboxylic acids is 1. The van der Waals surface area contributed by atoms with Crippen molar-refractivity contribution < 1.29 is 9.90 Å². The highest BCUT2D eigenvalue weighted by molar-refractivity contribution is 7.13. The number of carboxylic acid groups (broad SMARTS) is 1. The average Bonchev–Trinajstić information content (AvgIpc) is 2.91. The van der Waals surface area contributed by atoms with Gasteiger partial charge in [0.15, 0.2) is 0 Å². The van der Waals surface area contributed by atoms with Gasteiger partial charge in [0.2, 0.25) is 0 Å². The maximum absolute atomic E-state index is 11.6. The summed E-state index contributed by atoms with van der Waals surface area (Å²) in [5.74, 6) is -0.911. The maximum atomic E-state index is 11.6. The fourth-order valence-corrected chi connectivity index (χ4v) is 3.31. The molecule has 3 aromatic rings. The summed E-state index contributed by atoms with van der Waals surface area (Å²) in [5.41, 5.74) is 4.02. The van der Waals surface area contributed by atoms with Crippen molar-refractivity contribution in [1.82, 2.24) is 4.98 Å². The number of carboxylic acids is 1. The van der Waals surface area contributed by atoms with E-state index in [0.29, 0.717) is 10.9 Å². The van der Waals surface area contributed by atoms with E-state index < -0.39 is 5.97 Å². The van der Waals surface area contributed by atoms with Crippen LogP contribution >= 0.6 is 11.3 Å². The van der Waals surface area contributed by atoms with Crippen LogP contribution in [0.3, 0.4) is 0 Å². The lowest BCUT2D eigenvalue weighted by Crippen LogP contribution is -2.00. The minimum Gasteiger partial charge on any atom is -0.478 e. The SMILES string of the molecule is CCc1ccc2nc(-c3sccc3C)cc(C(=O)O)c2c1. The van der Waals surface area contributed by atoms with E-state index in [4.69, 9.17) is 0 Å². The topological polar surface area (TPSA) is 50.2 Å². The van der Waals surface area contributed by atoms with Gasteiger partial charge in [0.05, 0.1) is 21.7 Å². The van der Waals surface area contributed by atoms with Crippen LogP contribution in [0.2, 0.25) is 0 Å². The fraction of sp³-hybridized carbons (Fsp3) is 0.176. The van der Waals surface area contributed by atoms with Gasteiger partial charge >= 0.3 is 5.97 Å². The summed E-state index contributed by atoms with van der Waals surface area (Å²) in [6.07, 6.45) is 0.876. The second kappa shape index (κ2) is 5.30. The van der Waals surface area contributed by atoms with E-state index >= 15 is 0 Å². The number of carbonyl (C=O) groups is 1. The Kier molecular flexibility index (Phi) is 3.47. The Morgan fingerprint density at radius 2 is 2.10 bits per heavy atom. The van der Waals surface area contributed by atoms with E-state index in [9.17, 15) is 9.90 Å². The first-order chi connectivity index (χ1) is 10.1. The summed E-state index contributed by atoms with van der Waals surface area (Å²) in [6, 6.07) is 9.55. The average molecular weight is 297 g/mol. The molecule has 0 fully saturated rings. The Morgan fingerprint density at radius 1 is 1.29 bits per heavy atom. The molecule has 0 aliphatic rings. The molecule has 0 aliphatic carbocycles. The number of pyridine rings is 1. The molecule has 0 bridgehead atoms. The van der Waals surface area contributed by atoms with Crippen molar-refractivity contribution in [2.45, 2.75) is 20.3 Å². The van der Waals surface area contributed by atoms with Crippen LogP contribution in [0.25, 0.3) is 21.5 Å². The molecule has 0 aliphatic heterocycles. The molecule has 2 aromatic heterocycles. The van der Waals surface area contributed by atoms with Crippen LogP contribution in [0.4, 0.5) is 0 Å². The molecule has 0 atom stereocenters. The Balaban J connectivity index is 2.31. The molecule has 2 heterocycles. The number of aryl methyl sites for hydroxylation is 2. The number of hydrogen-bond donors (Lipinski definition) is 1. The maximum Gasteiger partial charge on any atom is 0.336 e. The van der Waals surface area contributed by atoms with Gasteiger partial charge < -0.3 is 5.11 Å². The van der Waals surface area contributed by atoms with E-state index in [1.165, 1.54) is 0 Å². The molecule has 0 saturated carbocycles. The largest absolute Gasteiger partial charge is 0.478 e. The zero-order chi connectivity index (χ0) is 15.0. The van der Waals surface area contributed by atoms with E-state index in [2.05, 4.69) is 11.9 Å². The zero-order valence-electron chi connectivity index (χ0n) is 11.9. The summed E-state index contributed by atoms with van der Waals surface area (Å²) in [4.78, 5) is 17.3. The second-order valence-corrected chi connectivity index (χ2v) is 5.91. The highest BCUT2D eigenvalue weighted by Crippen LogP contribution is 2.31. The summed E-state index contributed by atoms with van der Waals surface area (Å²) < 4.78 is 0. The van der Waals surface area contributed by atoms with Gasteiger partial charge in [0.25, 0.3) is 0 Å². The Labute approximate surface area is 126 Å². The van der Waals surface area contributed by atoms with Crippen molar-refractivity contribution in [3.05, 3.63) is 52.4 Å². The summed E-state index contributed by atoms with van der Waals surface area (Å²) in [6.45, 7) is 4.07. The minimum absolute atomic E-state index is 0.318. The van der Waals surface area contributed by atoms with E-state index in [1.54, 1.807) is 17.4 Å². The third-order valence-corrected chi connectivity index (χ3v) is 4.65. The van der Waals surface area contributed by atoms with Gasteiger partial charge in [-0.05, 0) is 54.1 Å². The van der Waals surface area contributed by atoms with Gasteiger partial charge in [-0.25, -0.2) is 9.78 Å². The highest BCUT2D eigenvalue weighted by atomic mass is 32.1. The standard InChI is InChI=1S/C17H15NO2S/c1-3-11-4-5-14-12(8-11)13(17(19)20)9-15(18-14)16-10(2)6-7-21-16/h4-9H,3H2,1-2H3,(H,19,20). The van der Waals surface area contributed by atoms with Crippen LogP contribution in [0.1, 0.15) is 28.4 Å². The number of rotatable bonds is 3. The monoisotopic (exact) mass is 297 g/mol. The number of benzene rings is 1. The lowest BCUT2D eigenvalue weighted by Gasteiger charge is -2.08. The quantitative estimate of drug-likeness (QED) is 0.772. The molecule has 106 valence electrons. The number of nitrogens with zero attached hydrogens (tertiary/aromatic N) is 1. The predicted octanol–water partition coefficient (Wildman–Crippen LogP) is 4.53. The Hall–Kier alpha value is -2.20. The first-order valence-corrected chi connectivity index (χ1v) is 7.69. The predicted molar refractivity (Wildman–Crippen MR) is 86.1 cm³/mol. The first kappa shape index (κ1) is 13.8. The normalized spacial score (nSPS) is 11.0. The second-order valence-electron chi connectivity index (χ2n) is 5.00. The zero-order valence-corrected chi connectivity index (χ0v) is 12.7. The van der Waals surface area contributed by atoms with Crippen molar-refractivity contribution in [1.29, 1.82) is 0 Å². The molecule has 0 saturated heterocycles. The van der Waals surface area contributed by atoms with E-state index in [0.717, 1.165) is 33.6 Å². The van der Waals surface area contributed by atoms with Crippen molar-refractivity contribution >= 4 is 28.2 Å². The molecule has 0 spiro atoms. The molecular weight excluding hydrogens is 282 g/mol. The van der Waals surface area contributed by atoms with Crippen molar-refractivity contribution in [2.75, 3.05) is 0 Å². The number of hydrogen-bond acceptors (Lipinski definition) is 3. The number of aromatic nitrogens is 1. The summed E-state index contributed by atoms with van der Waals surface area (Å²) in [5, 5.41) is 12.2. The molecule has 1 N–H and O–H groups in total. The molecule has 4 heteroatoms. The van der Waals surface area contributed by atoms with Gasteiger partial charge in [-0.2, -0.15) is 0 Å². The lowest BCUT2D eigenvalue weighted by molar-refractivity contribution is 0.0699. The van der Waals surface area contributed by atoms with Crippen LogP contribution in [0.15, 0.2) is 35.7 Å². The van der Waals surface area contributed by atoms with Crippen LogP contribution in [0.5, 0.6) is 0 Å². The molecule has 3 nitrogen and oxygen atoms in total. The van der Waals surface area contributed by atoms with E-state index in [1.807, 2.05) is 36.6 Å². The van der Waals surface area contributed by atoms with Gasteiger partial charge in [-0.3, -0.25) is 0 Å². The van der Waals surface area contributed by atoms with Gasteiger partial charge in [0, 0.05) is 5.39 Å². The van der Waals surface area contributed by atoms with Gasteiger partial charge in [0.1, 0.15) is 0 Å². The third-order valence-electron chi connectivity index (χ3n) is 3.61. The van der Waals surface area contributed by atoms with Crippen molar-refractivity contribution in [2.24, 2.45) is 0 Å². The van der Waals surface area contributed by atoms with Gasteiger partial charge in [-0.1, -0.05) is 13.0 Å². The highest BCUT2D eigenvalue weighted by Gasteiger charge is 2.15. The van der Waals surface area contributed by atoms with Crippen LogP contribution in [-0.4, -0.2) is 16.1 Å². The molecule has 0 unspecified atom stereocenters. The van der Waals surface area contributed by atoms with Gasteiger partial charge in [-0.15, -0.1) is 11.3 Å².